The molecule has 3 nitrogen and oxygen atoms in total. The van der Waals surface area contributed by atoms with Crippen molar-refractivity contribution in [1.82, 2.24) is 5.32 Å². The van der Waals surface area contributed by atoms with Crippen LogP contribution in [-0.2, 0) is 4.74 Å². The highest BCUT2D eigenvalue weighted by atomic mass is 16.5. The van der Waals surface area contributed by atoms with Gasteiger partial charge in [-0.1, -0.05) is 0 Å². The summed E-state index contributed by atoms with van der Waals surface area (Å²) < 4.78 is 5.55. The number of hydrogen-bond acceptors (Lipinski definition) is 3. The molecule has 0 aliphatic heterocycles. The summed E-state index contributed by atoms with van der Waals surface area (Å²) in [5.41, 5.74) is 5.89. The van der Waals surface area contributed by atoms with Gasteiger partial charge in [-0.05, 0) is 45.4 Å². The highest BCUT2D eigenvalue weighted by molar-refractivity contribution is 4.90. The molecule has 0 spiro atoms. The van der Waals surface area contributed by atoms with Gasteiger partial charge in [0.1, 0.15) is 0 Å². The number of ether oxygens (including phenoxy) is 1. The molecule has 0 saturated heterocycles. The molecule has 2 aliphatic carbocycles. The number of nitrogens with two attached hydrogens (primary N) is 1. The highest BCUT2D eigenvalue weighted by Crippen LogP contribution is 2.26. The van der Waals surface area contributed by atoms with Crippen LogP contribution in [0.1, 0.15) is 45.4 Å². The van der Waals surface area contributed by atoms with Gasteiger partial charge in [-0.15, -0.1) is 0 Å². The lowest BCUT2D eigenvalue weighted by atomic mass is 9.85. The van der Waals surface area contributed by atoms with Gasteiger partial charge in [0, 0.05) is 24.7 Å². The van der Waals surface area contributed by atoms with Gasteiger partial charge in [-0.25, -0.2) is 0 Å². The van der Waals surface area contributed by atoms with E-state index in [-0.39, 0.29) is 0 Å². The predicted octanol–water partition coefficient (Wildman–Crippen LogP) is 1.41. The Balaban J connectivity index is 1.59. The Bertz CT molecular complexity index is 184. The van der Waals surface area contributed by atoms with E-state index >= 15 is 0 Å². The van der Waals surface area contributed by atoms with Crippen LogP contribution in [0.15, 0.2) is 0 Å². The molecule has 0 aromatic heterocycles. The zero-order valence-electron chi connectivity index (χ0n) is 9.74. The third-order valence-electron chi connectivity index (χ3n) is 3.74. The quantitative estimate of drug-likeness (QED) is 0.741. The zero-order chi connectivity index (χ0) is 10.7. The average Bonchev–Trinajstić information content (AvgIpc) is 2.18. The Kier molecular flexibility index (Phi) is 4.00. The van der Waals surface area contributed by atoms with E-state index in [1.807, 2.05) is 0 Å². The van der Waals surface area contributed by atoms with Crippen LogP contribution in [-0.4, -0.2) is 30.8 Å². The minimum atomic E-state index is 0.459. The molecule has 0 radical (unpaired) electrons. The summed E-state index contributed by atoms with van der Waals surface area (Å²) in [6, 6.07) is 1.89. The summed E-state index contributed by atoms with van der Waals surface area (Å²) in [7, 11) is 0. The van der Waals surface area contributed by atoms with E-state index in [0.29, 0.717) is 18.2 Å². The fraction of sp³-hybridized carbons (Fsp3) is 1.00. The Labute approximate surface area is 92.7 Å². The Morgan fingerprint density at radius 2 is 1.80 bits per heavy atom. The van der Waals surface area contributed by atoms with Crippen LogP contribution in [0.2, 0.25) is 0 Å². The summed E-state index contributed by atoms with van der Waals surface area (Å²) in [6.45, 7) is 2.93. The summed E-state index contributed by atoms with van der Waals surface area (Å²) in [5.74, 6) is 0. The molecular weight excluding hydrogens is 188 g/mol. The van der Waals surface area contributed by atoms with Crippen LogP contribution in [0, 0.1) is 0 Å². The molecule has 0 aromatic rings. The van der Waals surface area contributed by atoms with E-state index in [0.717, 1.165) is 12.6 Å². The first-order valence-corrected chi connectivity index (χ1v) is 6.41. The molecule has 3 N–H and O–H groups in total. The van der Waals surface area contributed by atoms with Crippen molar-refractivity contribution in [1.29, 1.82) is 0 Å². The second-order valence-electron chi connectivity index (χ2n) is 5.02. The maximum absolute atomic E-state index is 5.89. The SMILES string of the molecule is CCOC1CC(NC2CCC(N)CC2)C1. The van der Waals surface area contributed by atoms with E-state index in [9.17, 15) is 0 Å². The summed E-state index contributed by atoms with van der Waals surface area (Å²) in [6.07, 6.45) is 7.84. The monoisotopic (exact) mass is 212 g/mol. The van der Waals surface area contributed by atoms with Crippen LogP contribution in [0.5, 0.6) is 0 Å². The number of hydrogen-bond donors (Lipinski definition) is 2. The van der Waals surface area contributed by atoms with E-state index in [1.165, 1.54) is 38.5 Å². The normalized spacial score (nSPS) is 41.2. The van der Waals surface area contributed by atoms with Crippen molar-refractivity contribution in [2.45, 2.75) is 69.7 Å². The van der Waals surface area contributed by atoms with E-state index < -0.39 is 0 Å². The molecule has 3 heteroatoms. The second kappa shape index (κ2) is 5.28. The van der Waals surface area contributed by atoms with Crippen LogP contribution < -0.4 is 11.1 Å². The maximum Gasteiger partial charge on any atom is 0.0604 e. The molecule has 0 amide bonds. The standard InChI is InChI=1S/C12H24N2O/c1-2-15-12-7-11(8-12)14-10-5-3-9(13)4-6-10/h9-12,14H,2-8,13H2,1H3. The molecule has 0 bridgehead atoms. The van der Waals surface area contributed by atoms with Crippen molar-refractivity contribution >= 4 is 0 Å². The number of rotatable bonds is 4. The van der Waals surface area contributed by atoms with Crippen LogP contribution >= 0.6 is 0 Å². The first-order valence-electron chi connectivity index (χ1n) is 6.41. The first-order chi connectivity index (χ1) is 7.28. The fourth-order valence-corrected chi connectivity index (χ4v) is 2.69. The average molecular weight is 212 g/mol. The van der Waals surface area contributed by atoms with Gasteiger partial charge in [-0.3, -0.25) is 0 Å². The van der Waals surface area contributed by atoms with Gasteiger partial charge in [0.25, 0.3) is 0 Å². The van der Waals surface area contributed by atoms with Gasteiger partial charge in [0.05, 0.1) is 6.10 Å². The third-order valence-corrected chi connectivity index (χ3v) is 3.74. The van der Waals surface area contributed by atoms with Crippen molar-refractivity contribution < 1.29 is 4.74 Å². The first kappa shape index (κ1) is 11.4. The fourth-order valence-electron chi connectivity index (χ4n) is 2.69. The van der Waals surface area contributed by atoms with Gasteiger partial charge in [-0.2, -0.15) is 0 Å². The van der Waals surface area contributed by atoms with E-state index in [4.69, 9.17) is 10.5 Å². The van der Waals surface area contributed by atoms with Crippen LogP contribution in [0.25, 0.3) is 0 Å². The van der Waals surface area contributed by atoms with E-state index in [1.54, 1.807) is 0 Å². The minimum Gasteiger partial charge on any atom is -0.378 e. The van der Waals surface area contributed by atoms with Gasteiger partial charge >= 0.3 is 0 Å². The summed E-state index contributed by atoms with van der Waals surface area (Å²) in [4.78, 5) is 0. The maximum atomic E-state index is 5.89. The van der Waals surface area contributed by atoms with E-state index in [2.05, 4.69) is 12.2 Å². The molecule has 2 saturated carbocycles. The molecule has 0 aromatic carbocycles. The number of nitrogens with one attached hydrogen (secondary N) is 1. The minimum absolute atomic E-state index is 0.459. The van der Waals surface area contributed by atoms with Crippen molar-refractivity contribution in [2.24, 2.45) is 5.73 Å². The molecule has 0 heterocycles. The smallest absolute Gasteiger partial charge is 0.0604 e. The molecule has 0 unspecified atom stereocenters. The lowest BCUT2D eigenvalue weighted by Gasteiger charge is -2.39. The summed E-state index contributed by atoms with van der Waals surface area (Å²) in [5, 5.41) is 3.73. The second-order valence-corrected chi connectivity index (χ2v) is 5.02. The predicted molar refractivity (Wildman–Crippen MR) is 61.8 cm³/mol. The molecule has 88 valence electrons. The van der Waals surface area contributed by atoms with Crippen molar-refractivity contribution in [3.05, 3.63) is 0 Å². The molecule has 2 aliphatic rings. The largest absolute Gasteiger partial charge is 0.378 e. The van der Waals surface area contributed by atoms with Crippen molar-refractivity contribution in [3.63, 3.8) is 0 Å². The third kappa shape index (κ3) is 3.16. The Morgan fingerprint density at radius 3 is 2.40 bits per heavy atom. The molecule has 2 fully saturated rings. The zero-order valence-corrected chi connectivity index (χ0v) is 9.74. The molecular formula is C12H24N2O. The molecule has 2 rings (SSSR count). The van der Waals surface area contributed by atoms with Crippen molar-refractivity contribution in [2.75, 3.05) is 6.61 Å². The van der Waals surface area contributed by atoms with Crippen LogP contribution in [0.4, 0.5) is 0 Å². The summed E-state index contributed by atoms with van der Waals surface area (Å²) >= 11 is 0. The van der Waals surface area contributed by atoms with Crippen LogP contribution in [0.3, 0.4) is 0 Å². The highest BCUT2D eigenvalue weighted by Gasteiger charge is 2.31. The van der Waals surface area contributed by atoms with Crippen molar-refractivity contribution in [3.8, 4) is 0 Å². The molecule has 15 heavy (non-hydrogen) atoms. The Hall–Kier alpha value is -0.120. The van der Waals surface area contributed by atoms with Gasteiger partial charge < -0.3 is 15.8 Å². The van der Waals surface area contributed by atoms with Gasteiger partial charge in [0.2, 0.25) is 0 Å². The van der Waals surface area contributed by atoms with Gasteiger partial charge in [0.15, 0.2) is 0 Å². The topological polar surface area (TPSA) is 47.3 Å². The Morgan fingerprint density at radius 1 is 1.13 bits per heavy atom. The molecule has 0 atom stereocenters. The lowest BCUT2D eigenvalue weighted by molar-refractivity contribution is -0.0135. The lowest BCUT2D eigenvalue weighted by Crippen LogP contribution is -2.50.